The van der Waals surface area contributed by atoms with Crippen molar-refractivity contribution in [2.45, 2.75) is 0 Å². The standard InChI is InChI=1S/C60H41N/c1-2-12-47(13-3-1)59-40-33-48-15-7-9-19-58(48)60(59)50-31-38-55(39-32-50)61(54-36-29-45(30-37-54)52-26-23-42-11-4-5-16-51(42)41-52)53-34-27-44(28-35-53)43-21-24-49(25-22-43)57-20-10-17-46-14-6-8-18-56(46)57/h1-41H/i4D,5D,11D,16D,23D,26D,27D,28D,29D,30D,34D,35D,36D,37D,41D. The van der Waals surface area contributed by atoms with Gasteiger partial charge in [-0.15, -0.1) is 0 Å². The summed E-state index contributed by atoms with van der Waals surface area (Å²) in [5.41, 5.74) is 3.88. The van der Waals surface area contributed by atoms with E-state index in [1.807, 2.05) is 121 Å². The Bertz CT molecular complexity index is 4160. The van der Waals surface area contributed by atoms with Gasteiger partial charge in [-0.05, 0) is 130 Å². The molecule has 1 nitrogen and oxygen atoms in total. The van der Waals surface area contributed by atoms with E-state index < -0.39 is 118 Å². The van der Waals surface area contributed by atoms with Crippen molar-refractivity contribution >= 4 is 49.4 Å². The van der Waals surface area contributed by atoms with Crippen molar-refractivity contribution in [2.24, 2.45) is 0 Å². The molecule has 0 saturated carbocycles. The van der Waals surface area contributed by atoms with Gasteiger partial charge in [-0.25, -0.2) is 0 Å². The van der Waals surface area contributed by atoms with E-state index in [9.17, 15) is 12.3 Å². The van der Waals surface area contributed by atoms with Gasteiger partial charge in [0.25, 0.3) is 0 Å². The maximum Gasteiger partial charge on any atom is 0.0645 e. The zero-order chi connectivity index (χ0) is 53.6. The molecule has 0 radical (unpaired) electrons. The van der Waals surface area contributed by atoms with Crippen LogP contribution < -0.4 is 4.90 Å². The summed E-state index contributed by atoms with van der Waals surface area (Å²) in [7, 11) is 0. The molecule has 0 aliphatic carbocycles. The first-order valence-corrected chi connectivity index (χ1v) is 19.8. The third kappa shape index (κ3) is 6.93. The van der Waals surface area contributed by atoms with Crippen molar-refractivity contribution in [1.29, 1.82) is 0 Å². The number of nitrogens with zero attached hydrogens (tertiary/aromatic N) is 1. The fourth-order valence-electron chi connectivity index (χ4n) is 7.89. The van der Waals surface area contributed by atoms with Crippen LogP contribution >= 0.6 is 0 Å². The van der Waals surface area contributed by atoms with Gasteiger partial charge in [-0.3, -0.25) is 0 Å². The fourth-order valence-corrected chi connectivity index (χ4v) is 7.89. The van der Waals surface area contributed by atoms with Crippen molar-refractivity contribution in [2.75, 3.05) is 4.90 Å². The zero-order valence-corrected chi connectivity index (χ0v) is 32.5. The third-order valence-electron chi connectivity index (χ3n) is 10.9. The van der Waals surface area contributed by atoms with Crippen LogP contribution in [-0.4, -0.2) is 0 Å². The van der Waals surface area contributed by atoms with Crippen LogP contribution in [0, 0.1) is 0 Å². The van der Waals surface area contributed by atoms with Gasteiger partial charge in [0, 0.05) is 17.1 Å². The van der Waals surface area contributed by atoms with Gasteiger partial charge in [0.15, 0.2) is 0 Å². The number of hydrogen-bond donors (Lipinski definition) is 0. The van der Waals surface area contributed by atoms with Gasteiger partial charge in [-0.2, -0.15) is 0 Å². The predicted molar refractivity (Wildman–Crippen MR) is 261 cm³/mol. The third-order valence-corrected chi connectivity index (χ3v) is 10.9. The minimum absolute atomic E-state index is 0.00996. The largest absolute Gasteiger partial charge is 0.311 e. The number of fused-ring (bicyclic) bond motifs is 3. The molecule has 286 valence electrons. The highest BCUT2D eigenvalue weighted by molar-refractivity contribution is 6.04. The van der Waals surface area contributed by atoms with Gasteiger partial charge in [-0.1, -0.05) is 206 Å². The van der Waals surface area contributed by atoms with Crippen LogP contribution in [-0.2, 0) is 0 Å². The Morgan fingerprint density at radius 2 is 0.820 bits per heavy atom. The molecule has 0 saturated heterocycles. The summed E-state index contributed by atoms with van der Waals surface area (Å²) in [5, 5.41) is 3.18. The Morgan fingerprint density at radius 1 is 0.279 bits per heavy atom. The van der Waals surface area contributed by atoms with E-state index in [4.69, 9.17) is 8.22 Å². The number of hydrogen-bond acceptors (Lipinski definition) is 1. The molecule has 61 heavy (non-hydrogen) atoms. The maximum atomic E-state index is 9.68. The minimum Gasteiger partial charge on any atom is -0.311 e. The number of anilines is 3. The molecule has 0 spiro atoms. The zero-order valence-electron chi connectivity index (χ0n) is 47.5. The lowest BCUT2D eigenvalue weighted by Crippen LogP contribution is -2.09. The number of rotatable bonds is 8. The Kier molecular flexibility index (Phi) is 6.04. The first-order chi connectivity index (χ1) is 36.5. The quantitative estimate of drug-likeness (QED) is 0.148. The summed E-state index contributed by atoms with van der Waals surface area (Å²) in [4.78, 5) is 1.17. The van der Waals surface area contributed by atoms with E-state index in [1.165, 1.54) is 4.90 Å². The number of benzene rings is 11. The van der Waals surface area contributed by atoms with Gasteiger partial charge in [0.1, 0.15) is 0 Å². The van der Waals surface area contributed by atoms with Crippen LogP contribution in [0.3, 0.4) is 0 Å². The van der Waals surface area contributed by atoms with Crippen LogP contribution in [0.15, 0.2) is 248 Å². The van der Waals surface area contributed by atoms with E-state index >= 15 is 0 Å². The Labute approximate surface area is 378 Å². The van der Waals surface area contributed by atoms with Gasteiger partial charge in [0.2, 0.25) is 0 Å². The van der Waals surface area contributed by atoms with Gasteiger partial charge < -0.3 is 4.90 Å². The Balaban J connectivity index is 1.13. The molecule has 0 aliphatic heterocycles. The molecule has 0 amide bonds. The average Bonchev–Trinajstić information content (AvgIpc) is 3.48. The van der Waals surface area contributed by atoms with Crippen molar-refractivity contribution in [1.82, 2.24) is 0 Å². The van der Waals surface area contributed by atoms with Crippen LogP contribution in [0.4, 0.5) is 17.1 Å². The monoisotopic (exact) mass is 790 g/mol. The van der Waals surface area contributed by atoms with Crippen LogP contribution in [0.1, 0.15) is 20.6 Å². The molecular formula is C60H41N. The lowest BCUT2D eigenvalue weighted by atomic mass is 9.89. The fraction of sp³-hybridized carbons (Fsp3) is 0. The molecule has 0 N–H and O–H groups in total. The highest BCUT2D eigenvalue weighted by Crippen LogP contribution is 2.42. The van der Waals surface area contributed by atoms with E-state index in [2.05, 4.69) is 0 Å². The minimum atomic E-state index is -0.791. The lowest BCUT2D eigenvalue weighted by molar-refractivity contribution is 1.28. The first kappa shape index (κ1) is 23.6. The molecule has 0 atom stereocenters. The molecule has 0 aliphatic rings. The summed E-state index contributed by atoms with van der Waals surface area (Å²) in [5.74, 6) is 0. The molecule has 1 heteroatoms. The maximum absolute atomic E-state index is 9.68. The molecule has 0 heterocycles. The van der Waals surface area contributed by atoms with Gasteiger partial charge in [0.05, 0.1) is 20.6 Å². The molecule has 11 rings (SSSR count). The van der Waals surface area contributed by atoms with E-state index in [1.54, 1.807) is 36.4 Å². The van der Waals surface area contributed by atoms with Gasteiger partial charge >= 0.3 is 0 Å². The Hall–Kier alpha value is -8.00. The SMILES string of the molecule is [2H]c1c([2H])c(N(c2ccc(-c3c(-c4ccccc4)ccc4ccccc34)cc2)c2c([2H])c([2H])c(-c3c([2H])c([2H])c4c([2H])c([2H])c([2H])c([2H])c4c3[2H])c([2H])c2[2H])c([2H])c([2H])c1-c1ccc(-c2cccc3ccccc23)cc1. The predicted octanol–water partition coefficient (Wildman–Crippen LogP) is 17.0. The smallest absolute Gasteiger partial charge is 0.0645 e. The topological polar surface area (TPSA) is 3.24 Å². The lowest BCUT2D eigenvalue weighted by Gasteiger charge is -2.26. The van der Waals surface area contributed by atoms with E-state index in [0.29, 0.717) is 5.56 Å². The summed E-state index contributed by atoms with van der Waals surface area (Å²) in [6.07, 6.45) is 0. The van der Waals surface area contributed by atoms with E-state index in [0.717, 1.165) is 54.9 Å². The van der Waals surface area contributed by atoms with Crippen molar-refractivity contribution in [3.05, 3.63) is 248 Å². The molecular weight excluding hydrogens is 735 g/mol. The molecule has 0 fully saturated rings. The molecule has 11 aromatic rings. The highest BCUT2D eigenvalue weighted by Gasteiger charge is 2.17. The van der Waals surface area contributed by atoms with E-state index in [-0.39, 0.29) is 16.9 Å². The molecule has 0 aromatic heterocycles. The average molecular weight is 791 g/mol. The first-order valence-electron chi connectivity index (χ1n) is 27.3. The summed E-state index contributed by atoms with van der Waals surface area (Å²) < 4.78 is 137. The normalized spacial score (nSPS) is 14.7. The second kappa shape index (κ2) is 15.6. The highest BCUT2D eigenvalue weighted by atomic mass is 15.1. The van der Waals surface area contributed by atoms with Crippen LogP contribution in [0.2, 0.25) is 0 Å². The van der Waals surface area contributed by atoms with Crippen molar-refractivity contribution in [3.8, 4) is 55.6 Å². The summed E-state index contributed by atoms with van der Waals surface area (Å²) >= 11 is 0. The van der Waals surface area contributed by atoms with Crippen LogP contribution in [0.5, 0.6) is 0 Å². The molecule has 11 aromatic carbocycles. The van der Waals surface area contributed by atoms with Crippen molar-refractivity contribution < 1.29 is 20.6 Å². The second-order valence-electron chi connectivity index (χ2n) is 14.5. The second-order valence-corrected chi connectivity index (χ2v) is 14.5. The van der Waals surface area contributed by atoms with Crippen LogP contribution in [0.25, 0.3) is 88.0 Å². The molecule has 0 unspecified atom stereocenters. The summed E-state index contributed by atoms with van der Waals surface area (Å²) in [6.45, 7) is 0. The molecule has 0 bridgehead atoms. The Morgan fingerprint density at radius 3 is 1.54 bits per heavy atom. The van der Waals surface area contributed by atoms with Crippen molar-refractivity contribution in [3.63, 3.8) is 0 Å². The summed E-state index contributed by atoms with van der Waals surface area (Å²) in [6, 6.07) is 40.0.